The van der Waals surface area contributed by atoms with Crippen LogP contribution >= 0.6 is 0 Å². The fraction of sp³-hybridized carbons (Fsp3) is 0.818. The van der Waals surface area contributed by atoms with Gasteiger partial charge in [-0.1, -0.05) is 0 Å². The molecular weight excluding hydrogens is 206 g/mol. The van der Waals surface area contributed by atoms with E-state index in [2.05, 4.69) is 16.0 Å². The molecule has 0 aromatic rings. The number of carbonyl (C=O) groups is 2. The molecule has 0 radical (unpaired) electrons. The van der Waals surface area contributed by atoms with Gasteiger partial charge >= 0.3 is 0 Å². The molecule has 5 heteroatoms. The van der Waals surface area contributed by atoms with Crippen LogP contribution in [0.3, 0.4) is 0 Å². The number of hydrogen-bond donors (Lipinski definition) is 3. The number of ketones is 2. The third-order valence-electron chi connectivity index (χ3n) is 2.21. The van der Waals surface area contributed by atoms with Crippen LogP contribution in [-0.2, 0) is 9.59 Å². The highest BCUT2D eigenvalue weighted by Gasteiger charge is 2.04. The van der Waals surface area contributed by atoms with E-state index in [1.807, 2.05) is 6.92 Å². The Bertz CT molecular complexity index is 219. The maximum absolute atomic E-state index is 10.9. The van der Waals surface area contributed by atoms with Crippen LogP contribution in [0.1, 0.15) is 20.8 Å². The van der Waals surface area contributed by atoms with Gasteiger partial charge in [-0.3, -0.25) is 9.59 Å². The fourth-order valence-corrected chi connectivity index (χ4v) is 1.09. The minimum absolute atomic E-state index is 0.0716. The van der Waals surface area contributed by atoms with Crippen molar-refractivity contribution in [2.75, 3.05) is 32.7 Å². The van der Waals surface area contributed by atoms with E-state index in [9.17, 15) is 9.59 Å². The van der Waals surface area contributed by atoms with Crippen LogP contribution in [0.5, 0.6) is 0 Å². The first-order valence-corrected chi connectivity index (χ1v) is 5.68. The Kier molecular flexibility index (Phi) is 8.99. The Balaban J connectivity index is 3.15. The molecule has 0 aliphatic carbocycles. The molecule has 0 aliphatic rings. The van der Waals surface area contributed by atoms with Crippen molar-refractivity contribution in [3.05, 3.63) is 0 Å². The first kappa shape index (κ1) is 15.2. The van der Waals surface area contributed by atoms with Crippen molar-refractivity contribution in [3.63, 3.8) is 0 Å². The lowest BCUT2D eigenvalue weighted by molar-refractivity contribution is -0.118. The van der Waals surface area contributed by atoms with E-state index in [1.54, 1.807) is 13.8 Å². The van der Waals surface area contributed by atoms with Gasteiger partial charge in [0.15, 0.2) is 0 Å². The summed E-state index contributed by atoms with van der Waals surface area (Å²) >= 11 is 0. The zero-order chi connectivity index (χ0) is 12.4. The fourth-order valence-electron chi connectivity index (χ4n) is 1.09. The van der Waals surface area contributed by atoms with E-state index in [0.717, 1.165) is 26.2 Å². The summed E-state index contributed by atoms with van der Waals surface area (Å²) in [6.07, 6.45) is 0. The number of rotatable bonds is 10. The minimum Gasteiger partial charge on any atom is -0.314 e. The number of nitrogens with one attached hydrogen (secondary N) is 3. The molecule has 16 heavy (non-hydrogen) atoms. The summed E-state index contributed by atoms with van der Waals surface area (Å²) in [5, 5.41) is 9.33. The van der Waals surface area contributed by atoms with Crippen LogP contribution < -0.4 is 16.0 Å². The molecule has 3 N–H and O–H groups in total. The summed E-state index contributed by atoms with van der Waals surface area (Å²) in [7, 11) is 0. The molecular formula is C11H23N3O2. The summed E-state index contributed by atoms with van der Waals surface area (Å²) in [4.78, 5) is 21.5. The molecule has 0 saturated carbocycles. The van der Waals surface area contributed by atoms with E-state index in [-0.39, 0.29) is 17.6 Å². The van der Waals surface area contributed by atoms with Crippen LogP contribution in [0.2, 0.25) is 0 Å². The van der Waals surface area contributed by atoms with Crippen molar-refractivity contribution >= 4 is 11.6 Å². The third-order valence-corrected chi connectivity index (χ3v) is 2.21. The molecule has 1 unspecified atom stereocenters. The average Bonchev–Trinajstić information content (AvgIpc) is 2.21. The molecule has 0 aromatic heterocycles. The first-order valence-electron chi connectivity index (χ1n) is 5.68. The highest BCUT2D eigenvalue weighted by molar-refractivity contribution is 5.80. The molecule has 94 valence electrons. The topological polar surface area (TPSA) is 70.2 Å². The zero-order valence-electron chi connectivity index (χ0n) is 10.4. The molecule has 0 spiro atoms. The average molecular weight is 229 g/mol. The molecule has 0 amide bonds. The quantitative estimate of drug-likeness (QED) is 0.433. The molecule has 0 saturated heterocycles. The Morgan fingerprint density at radius 1 is 1.00 bits per heavy atom. The van der Waals surface area contributed by atoms with Gasteiger partial charge in [0.05, 0.1) is 12.6 Å². The maximum atomic E-state index is 10.9. The summed E-state index contributed by atoms with van der Waals surface area (Å²) in [6.45, 7) is 8.63. The molecule has 0 bridgehead atoms. The van der Waals surface area contributed by atoms with Crippen molar-refractivity contribution in [3.8, 4) is 0 Å². The first-order chi connectivity index (χ1) is 7.54. The zero-order valence-corrected chi connectivity index (χ0v) is 10.4. The lowest BCUT2D eigenvalue weighted by Gasteiger charge is -2.10. The van der Waals surface area contributed by atoms with Crippen molar-refractivity contribution < 1.29 is 9.59 Å². The predicted octanol–water partition coefficient (Wildman–Crippen LogP) is -0.678. The van der Waals surface area contributed by atoms with Crippen LogP contribution in [0.4, 0.5) is 0 Å². The maximum Gasteiger partial charge on any atom is 0.146 e. The van der Waals surface area contributed by atoms with E-state index in [4.69, 9.17) is 0 Å². The van der Waals surface area contributed by atoms with E-state index in [0.29, 0.717) is 6.54 Å². The van der Waals surface area contributed by atoms with E-state index in [1.165, 1.54) is 0 Å². The van der Waals surface area contributed by atoms with E-state index < -0.39 is 0 Å². The Morgan fingerprint density at radius 2 is 1.56 bits per heavy atom. The van der Waals surface area contributed by atoms with Gasteiger partial charge in [0, 0.05) is 26.2 Å². The predicted molar refractivity (Wildman–Crippen MR) is 64.6 cm³/mol. The second kappa shape index (κ2) is 9.45. The van der Waals surface area contributed by atoms with Crippen molar-refractivity contribution in [1.29, 1.82) is 0 Å². The second-order valence-electron chi connectivity index (χ2n) is 3.92. The van der Waals surface area contributed by atoms with Gasteiger partial charge < -0.3 is 16.0 Å². The lowest BCUT2D eigenvalue weighted by Crippen LogP contribution is -2.39. The highest BCUT2D eigenvalue weighted by Crippen LogP contribution is 1.80. The minimum atomic E-state index is -0.0716. The molecule has 0 fully saturated rings. The molecule has 5 nitrogen and oxygen atoms in total. The van der Waals surface area contributed by atoms with Crippen molar-refractivity contribution in [1.82, 2.24) is 16.0 Å². The molecule has 0 rings (SSSR count). The monoisotopic (exact) mass is 229 g/mol. The van der Waals surface area contributed by atoms with E-state index >= 15 is 0 Å². The number of carbonyl (C=O) groups excluding carboxylic acids is 2. The Morgan fingerprint density at radius 3 is 2.12 bits per heavy atom. The summed E-state index contributed by atoms with van der Waals surface area (Å²) < 4.78 is 0. The van der Waals surface area contributed by atoms with Gasteiger partial charge in [-0.25, -0.2) is 0 Å². The molecule has 0 aromatic carbocycles. The molecule has 1 atom stereocenters. The van der Waals surface area contributed by atoms with Gasteiger partial charge in [0.2, 0.25) is 0 Å². The lowest BCUT2D eigenvalue weighted by atomic mass is 10.2. The Hall–Kier alpha value is -0.780. The van der Waals surface area contributed by atoms with Gasteiger partial charge in [-0.2, -0.15) is 0 Å². The van der Waals surface area contributed by atoms with Crippen molar-refractivity contribution in [2.45, 2.75) is 26.8 Å². The van der Waals surface area contributed by atoms with Crippen LogP contribution in [0.15, 0.2) is 0 Å². The van der Waals surface area contributed by atoms with Crippen LogP contribution in [0, 0.1) is 0 Å². The molecule has 0 heterocycles. The largest absolute Gasteiger partial charge is 0.314 e. The summed E-state index contributed by atoms with van der Waals surface area (Å²) in [5.41, 5.74) is 0. The Labute approximate surface area is 97.4 Å². The standard InChI is InChI=1S/C11H23N3O2/c1-9(15)8-13-5-4-12-6-7-14-10(2)11(3)16/h10,12-14H,4-8H2,1-3H3. The highest BCUT2D eigenvalue weighted by atomic mass is 16.1. The molecule has 0 aliphatic heterocycles. The van der Waals surface area contributed by atoms with Gasteiger partial charge in [0.25, 0.3) is 0 Å². The van der Waals surface area contributed by atoms with Crippen LogP contribution in [-0.4, -0.2) is 50.3 Å². The van der Waals surface area contributed by atoms with Gasteiger partial charge in [-0.15, -0.1) is 0 Å². The normalized spacial score (nSPS) is 12.4. The van der Waals surface area contributed by atoms with Crippen LogP contribution in [0.25, 0.3) is 0 Å². The van der Waals surface area contributed by atoms with Gasteiger partial charge in [0.1, 0.15) is 11.6 Å². The third kappa shape index (κ3) is 9.76. The number of Topliss-reactive ketones (excluding diaryl/α,β-unsaturated/α-hetero) is 2. The smallest absolute Gasteiger partial charge is 0.146 e. The summed E-state index contributed by atoms with van der Waals surface area (Å²) in [6, 6.07) is -0.0716. The number of hydrogen-bond acceptors (Lipinski definition) is 5. The van der Waals surface area contributed by atoms with Gasteiger partial charge in [-0.05, 0) is 20.8 Å². The SMILES string of the molecule is CC(=O)CNCCNCCNC(C)C(C)=O. The second-order valence-corrected chi connectivity index (χ2v) is 3.92. The van der Waals surface area contributed by atoms with Crippen molar-refractivity contribution in [2.24, 2.45) is 0 Å². The summed E-state index contributed by atoms with van der Waals surface area (Å²) in [5.74, 6) is 0.306.